The van der Waals surface area contributed by atoms with Crippen LogP contribution < -0.4 is 5.73 Å². The zero-order valence-corrected chi connectivity index (χ0v) is 9.50. The summed E-state index contributed by atoms with van der Waals surface area (Å²) in [5.41, 5.74) is 7.09. The molecule has 0 aliphatic heterocycles. The molecule has 0 bridgehead atoms. The first kappa shape index (κ1) is 11.1. The maximum absolute atomic E-state index is 13.5. The SMILES string of the molecule is CC(C)C(CN)c1[nH]nc2c(F)cccc12. The van der Waals surface area contributed by atoms with E-state index in [0.717, 1.165) is 11.1 Å². The molecule has 0 amide bonds. The molecule has 0 aliphatic carbocycles. The average molecular weight is 221 g/mol. The Morgan fingerprint density at radius 1 is 1.44 bits per heavy atom. The summed E-state index contributed by atoms with van der Waals surface area (Å²) >= 11 is 0. The highest BCUT2D eigenvalue weighted by Gasteiger charge is 2.19. The molecule has 1 atom stereocenters. The topological polar surface area (TPSA) is 54.7 Å². The number of nitrogens with two attached hydrogens (primary N) is 1. The minimum absolute atomic E-state index is 0.187. The van der Waals surface area contributed by atoms with Gasteiger partial charge in [-0.3, -0.25) is 5.10 Å². The summed E-state index contributed by atoms with van der Waals surface area (Å²) in [6, 6.07) is 4.99. The van der Waals surface area contributed by atoms with Gasteiger partial charge in [0.15, 0.2) is 5.82 Å². The standard InChI is InChI=1S/C12H16FN3/c1-7(2)9(6-14)11-8-4-3-5-10(13)12(8)16-15-11/h3-5,7,9H,6,14H2,1-2H3,(H,15,16). The second-order valence-corrected chi connectivity index (χ2v) is 4.36. The van der Waals surface area contributed by atoms with Gasteiger partial charge in [-0.2, -0.15) is 5.10 Å². The first-order valence-electron chi connectivity index (χ1n) is 5.47. The fourth-order valence-electron chi connectivity index (χ4n) is 2.03. The lowest BCUT2D eigenvalue weighted by Crippen LogP contribution is -2.18. The second-order valence-electron chi connectivity index (χ2n) is 4.36. The van der Waals surface area contributed by atoms with Crippen LogP contribution in [0.2, 0.25) is 0 Å². The zero-order valence-electron chi connectivity index (χ0n) is 9.50. The van der Waals surface area contributed by atoms with Crippen LogP contribution in [0.25, 0.3) is 10.9 Å². The van der Waals surface area contributed by atoms with Crippen molar-refractivity contribution >= 4 is 10.9 Å². The first-order valence-corrected chi connectivity index (χ1v) is 5.47. The Hall–Kier alpha value is -1.42. The van der Waals surface area contributed by atoms with Crippen molar-refractivity contribution in [2.24, 2.45) is 11.7 Å². The van der Waals surface area contributed by atoms with E-state index in [1.54, 1.807) is 6.07 Å². The maximum atomic E-state index is 13.5. The Morgan fingerprint density at radius 2 is 2.19 bits per heavy atom. The Bertz CT molecular complexity index is 490. The van der Waals surface area contributed by atoms with Gasteiger partial charge in [0, 0.05) is 23.5 Å². The van der Waals surface area contributed by atoms with Gasteiger partial charge in [0.1, 0.15) is 5.52 Å². The molecule has 0 spiro atoms. The number of aromatic nitrogens is 2. The van der Waals surface area contributed by atoms with Crippen LogP contribution in [0, 0.1) is 11.7 Å². The van der Waals surface area contributed by atoms with Crippen LogP contribution in [0.4, 0.5) is 4.39 Å². The quantitative estimate of drug-likeness (QED) is 0.836. The molecular formula is C12H16FN3. The van der Waals surface area contributed by atoms with Crippen LogP contribution in [0.15, 0.2) is 18.2 Å². The molecule has 1 aromatic carbocycles. The van der Waals surface area contributed by atoms with Crippen LogP contribution >= 0.6 is 0 Å². The predicted octanol–water partition coefficient (Wildman–Crippen LogP) is 2.40. The minimum atomic E-state index is -0.292. The molecule has 3 N–H and O–H groups in total. The second kappa shape index (κ2) is 4.22. The molecule has 4 heteroatoms. The van der Waals surface area contributed by atoms with Gasteiger partial charge in [0.2, 0.25) is 0 Å². The summed E-state index contributed by atoms with van der Waals surface area (Å²) in [7, 11) is 0. The molecule has 16 heavy (non-hydrogen) atoms. The highest BCUT2D eigenvalue weighted by atomic mass is 19.1. The van der Waals surface area contributed by atoms with Crippen molar-refractivity contribution < 1.29 is 4.39 Å². The molecule has 2 aromatic rings. The van der Waals surface area contributed by atoms with E-state index in [-0.39, 0.29) is 11.7 Å². The minimum Gasteiger partial charge on any atom is -0.330 e. The Labute approximate surface area is 93.8 Å². The first-order chi connectivity index (χ1) is 7.65. The Balaban J connectivity index is 2.57. The lowest BCUT2D eigenvalue weighted by Gasteiger charge is -2.17. The molecule has 0 aliphatic rings. The number of nitrogens with one attached hydrogen (secondary N) is 1. The van der Waals surface area contributed by atoms with Crippen LogP contribution in [0.5, 0.6) is 0 Å². The van der Waals surface area contributed by atoms with Gasteiger partial charge in [0.05, 0.1) is 0 Å². The van der Waals surface area contributed by atoms with Crippen molar-refractivity contribution in [2.45, 2.75) is 19.8 Å². The van der Waals surface area contributed by atoms with Crippen LogP contribution in [-0.2, 0) is 0 Å². The number of benzene rings is 1. The van der Waals surface area contributed by atoms with E-state index in [4.69, 9.17) is 5.73 Å². The van der Waals surface area contributed by atoms with E-state index in [2.05, 4.69) is 24.0 Å². The normalized spacial score (nSPS) is 13.6. The summed E-state index contributed by atoms with van der Waals surface area (Å²) < 4.78 is 13.5. The average Bonchev–Trinajstić information content (AvgIpc) is 2.64. The summed E-state index contributed by atoms with van der Waals surface area (Å²) in [5.74, 6) is 0.295. The van der Waals surface area contributed by atoms with E-state index in [9.17, 15) is 4.39 Å². The molecule has 1 heterocycles. The lowest BCUT2D eigenvalue weighted by molar-refractivity contribution is 0.497. The van der Waals surface area contributed by atoms with Gasteiger partial charge in [-0.05, 0) is 12.0 Å². The van der Waals surface area contributed by atoms with Crippen molar-refractivity contribution in [3.63, 3.8) is 0 Å². The molecular weight excluding hydrogens is 205 g/mol. The van der Waals surface area contributed by atoms with Crippen molar-refractivity contribution in [3.05, 3.63) is 29.7 Å². The summed E-state index contributed by atoms with van der Waals surface area (Å²) in [5, 5.41) is 7.77. The van der Waals surface area contributed by atoms with Gasteiger partial charge in [-0.15, -0.1) is 0 Å². The van der Waals surface area contributed by atoms with Crippen molar-refractivity contribution in [1.29, 1.82) is 0 Å². The lowest BCUT2D eigenvalue weighted by atomic mass is 9.91. The zero-order chi connectivity index (χ0) is 11.7. The van der Waals surface area contributed by atoms with Crippen molar-refractivity contribution in [3.8, 4) is 0 Å². The van der Waals surface area contributed by atoms with E-state index < -0.39 is 0 Å². The fraction of sp³-hybridized carbons (Fsp3) is 0.417. The molecule has 0 saturated heterocycles. The molecule has 0 saturated carbocycles. The van der Waals surface area contributed by atoms with Gasteiger partial charge < -0.3 is 5.73 Å². The Morgan fingerprint density at radius 3 is 2.81 bits per heavy atom. The number of nitrogens with zero attached hydrogens (tertiary/aromatic N) is 1. The van der Waals surface area contributed by atoms with Crippen molar-refractivity contribution in [2.75, 3.05) is 6.54 Å². The summed E-state index contributed by atoms with van der Waals surface area (Å²) in [6.07, 6.45) is 0. The predicted molar refractivity (Wildman–Crippen MR) is 62.7 cm³/mol. The number of hydrogen-bond donors (Lipinski definition) is 2. The molecule has 1 aromatic heterocycles. The van der Waals surface area contributed by atoms with Crippen LogP contribution in [0.1, 0.15) is 25.5 Å². The van der Waals surface area contributed by atoms with Crippen molar-refractivity contribution in [1.82, 2.24) is 10.2 Å². The van der Waals surface area contributed by atoms with Crippen LogP contribution in [-0.4, -0.2) is 16.7 Å². The van der Waals surface area contributed by atoms with Crippen LogP contribution in [0.3, 0.4) is 0 Å². The third kappa shape index (κ3) is 1.69. The highest BCUT2D eigenvalue weighted by molar-refractivity contribution is 5.82. The third-order valence-electron chi connectivity index (χ3n) is 2.99. The molecule has 0 fully saturated rings. The van der Waals surface area contributed by atoms with Gasteiger partial charge >= 0.3 is 0 Å². The number of halogens is 1. The number of para-hydroxylation sites is 1. The number of fused-ring (bicyclic) bond motifs is 1. The van der Waals surface area contributed by atoms with E-state index in [0.29, 0.717) is 18.0 Å². The van der Waals surface area contributed by atoms with E-state index in [1.807, 2.05) is 6.07 Å². The number of H-pyrrole nitrogens is 1. The van der Waals surface area contributed by atoms with Gasteiger partial charge in [-0.25, -0.2) is 4.39 Å². The molecule has 3 nitrogen and oxygen atoms in total. The number of hydrogen-bond acceptors (Lipinski definition) is 2. The smallest absolute Gasteiger partial charge is 0.151 e. The maximum Gasteiger partial charge on any atom is 0.151 e. The molecule has 1 unspecified atom stereocenters. The van der Waals surface area contributed by atoms with Gasteiger partial charge in [-0.1, -0.05) is 26.0 Å². The highest BCUT2D eigenvalue weighted by Crippen LogP contribution is 2.28. The van der Waals surface area contributed by atoms with E-state index in [1.165, 1.54) is 6.07 Å². The monoisotopic (exact) mass is 221 g/mol. The number of rotatable bonds is 3. The van der Waals surface area contributed by atoms with E-state index >= 15 is 0 Å². The third-order valence-corrected chi connectivity index (χ3v) is 2.99. The summed E-state index contributed by atoms with van der Waals surface area (Å²) in [4.78, 5) is 0. The summed E-state index contributed by atoms with van der Waals surface area (Å²) in [6.45, 7) is 4.73. The fourth-order valence-corrected chi connectivity index (χ4v) is 2.03. The molecule has 0 radical (unpaired) electrons. The molecule has 2 rings (SSSR count). The Kier molecular flexibility index (Phi) is 2.92. The molecule has 86 valence electrons. The largest absolute Gasteiger partial charge is 0.330 e. The number of aromatic amines is 1. The van der Waals surface area contributed by atoms with Gasteiger partial charge in [0.25, 0.3) is 0 Å².